The smallest absolute Gasteiger partial charge is 0.256 e. The monoisotopic (exact) mass is 350 g/mol. The molecule has 3 heterocycles. The average Bonchev–Trinajstić information content (AvgIpc) is 3.35. The number of carbonyl (C=O) groups excluding carboxylic acids is 1. The Morgan fingerprint density at radius 1 is 1.27 bits per heavy atom. The zero-order chi connectivity index (χ0) is 17.8. The molecule has 1 aliphatic rings. The summed E-state index contributed by atoms with van der Waals surface area (Å²) in [6, 6.07) is 13.0. The van der Waals surface area contributed by atoms with Crippen LogP contribution in [0.1, 0.15) is 16.8 Å². The van der Waals surface area contributed by atoms with Crippen molar-refractivity contribution < 1.29 is 14.3 Å². The number of pyridine rings is 1. The summed E-state index contributed by atoms with van der Waals surface area (Å²) in [4.78, 5) is 16.7. The van der Waals surface area contributed by atoms with Crippen LogP contribution in [0.15, 0.2) is 61.1 Å². The third kappa shape index (κ3) is 3.73. The highest BCUT2D eigenvalue weighted by Gasteiger charge is 2.18. The molecule has 0 spiro atoms. The summed E-state index contributed by atoms with van der Waals surface area (Å²) in [5, 5.41) is 7.11. The first-order valence-electron chi connectivity index (χ1n) is 8.40. The van der Waals surface area contributed by atoms with Crippen molar-refractivity contribution in [2.75, 3.05) is 18.5 Å². The van der Waals surface area contributed by atoms with Gasteiger partial charge in [-0.1, -0.05) is 18.2 Å². The predicted octanol–water partition coefficient (Wildman–Crippen LogP) is 2.69. The van der Waals surface area contributed by atoms with Crippen LogP contribution in [0.4, 0.5) is 5.69 Å². The van der Waals surface area contributed by atoms with E-state index in [1.807, 2.05) is 30.3 Å². The Labute approximate surface area is 150 Å². The van der Waals surface area contributed by atoms with Crippen molar-refractivity contribution in [3.63, 3.8) is 0 Å². The Hall–Kier alpha value is -3.19. The number of nitrogens with one attached hydrogen (secondary N) is 1. The third-order valence-electron chi connectivity index (χ3n) is 4.03. The number of amides is 1. The lowest BCUT2D eigenvalue weighted by atomic mass is 10.2. The lowest BCUT2D eigenvalue weighted by Crippen LogP contribution is -2.17. The van der Waals surface area contributed by atoms with E-state index in [2.05, 4.69) is 15.4 Å². The quantitative estimate of drug-likeness (QED) is 0.765. The van der Waals surface area contributed by atoms with Crippen LogP contribution in [0.3, 0.4) is 0 Å². The highest BCUT2D eigenvalue weighted by molar-refractivity contribution is 6.04. The fraction of sp³-hybridized carbons (Fsp3) is 0.211. The molecule has 1 aliphatic heterocycles. The van der Waals surface area contributed by atoms with E-state index < -0.39 is 0 Å². The zero-order valence-corrected chi connectivity index (χ0v) is 14.0. The van der Waals surface area contributed by atoms with Crippen LogP contribution in [0.25, 0.3) is 5.69 Å². The van der Waals surface area contributed by atoms with Gasteiger partial charge in [0, 0.05) is 24.2 Å². The molecule has 26 heavy (non-hydrogen) atoms. The number of ether oxygens (including phenoxy) is 2. The Kier molecular flexibility index (Phi) is 4.61. The molecule has 0 saturated carbocycles. The number of rotatable bonds is 5. The largest absolute Gasteiger partial charge is 0.472 e. The zero-order valence-electron chi connectivity index (χ0n) is 14.0. The number of hydrogen-bond donors (Lipinski definition) is 1. The minimum atomic E-state index is -0.243. The first-order chi connectivity index (χ1) is 12.8. The van der Waals surface area contributed by atoms with E-state index in [9.17, 15) is 4.79 Å². The van der Waals surface area contributed by atoms with E-state index in [4.69, 9.17) is 9.47 Å². The van der Waals surface area contributed by atoms with Gasteiger partial charge >= 0.3 is 0 Å². The standard InChI is InChI=1S/C19H18N4O3/c24-19(14-6-8-20-18(10-14)26-17-7-9-25-13-17)22-15-11-21-23(12-15)16-4-2-1-3-5-16/h1-6,8,10-12,17H,7,9,13H2,(H,22,24). The fourth-order valence-corrected chi connectivity index (χ4v) is 2.70. The number of para-hydroxylation sites is 1. The van der Waals surface area contributed by atoms with Gasteiger partial charge in [0.2, 0.25) is 5.88 Å². The molecule has 1 amide bonds. The van der Waals surface area contributed by atoms with Crippen LogP contribution in [0.5, 0.6) is 5.88 Å². The molecule has 1 aromatic carbocycles. The number of aromatic nitrogens is 3. The predicted molar refractivity (Wildman–Crippen MR) is 95.6 cm³/mol. The van der Waals surface area contributed by atoms with Crippen molar-refractivity contribution in [3.05, 3.63) is 66.6 Å². The molecule has 2 aromatic heterocycles. The lowest BCUT2D eigenvalue weighted by molar-refractivity contribution is 0.102. The van der Waals surface area contributed by atoms with Gasteiger partial charge in [-0.25, -0.2) is 9.67 Å². The first-order valence-corrected chi connectivity index (χ1v) is 8.40. The molecule has 1 N–H and O–H groups in total. The third-order valence-corrected chi connectivity index (χ3v) is 4.03. The maximum Gasteiger partial charge on any atom is 0.256 e. The number of anilines is 1. The van der Waals surface area contributed by atoms with E-state index >= 15 is 0 Å². The average molecular weight is 350 g/mol. The molecular weight excluding hydrogens is 332 g/mol. The summed E-state index contributed by atoms with van der Waals surface area (Å²) in [7, 11) is 0. The van der Waals surface area contributed by atoms with Crippen molar-refractivity contribution in [2.24, 2.45) is 0 Å². The second-order valence-electron chi connectivity index (χ2n) is 5.95. The summed E-state index contributed by atoms with van der Waals surface area (Å²) in [5.41, 5.74) is 2.01. The Bertz CT molecular complexity index is 889. The van der Waals surface area contributed by atoms with E-state index in [-0.39, 0.29) is 12.0 Å². The van der Waals surface area contributed by atoms with Gasteiger partial charge in [-0.15, -0.1) is 0 Å². The van der Waals surface area contributed by atoms with Gasteiger partial charge < -0.3 is 14.8 Å². The molecule has 1 unspecified atom stereocenters. The molecule has 3 aromatic rings. The van der Waals surface area contributed by atoms with Crippen molar-refractivity contribution in [1.29, 1.82) is 0 Å². The minimum Gasteiger partial charge on any atom is -0.472 e. The van der Waals surface area contributed by atoms with Crippen molar-refractivity contribution in [2.45, 2.75) is 12.5 Å². The van der Waals surface area contributed by atoms with E-state index in [1.165, 1.54) is 0 Å². The number of hydrogen-bond acceptors (Lipinski definition) is 5. The second kappa shape index (κ2) is 7.37. The molecule has 0 aliphatic carbocycles. The number of nitrogens with zero attached hydrogens (tertiary/aromatic N) is 3. The number of carbonyl (C=O) groups is 1. The molecule has 1 fully saturated rings. The van der Waals surface area contributed by atoms with Crippen LogP contribution in [-0.4, -0.2) is 40.0 Å². The van der Waals surface area contributed by atoms with Crippen molar-refractivity contribution >= 4 is 11.6 Å². The molecular formula is C19H18N4O3. The van der Waals surface area contributed by atoms with Crippen LogP contribution < -0.4 is 10.1 Å². The van der Waals surface area contributed by atoms with Crippen LogP contribution in [0, 0.1) is 0 Å². The molecule has 132 valence electrons. The second-order valence-corrected chi connectivity index (χ2v) is 5.95. The molecule has 0 radical (unpaired) electrons. The van der Waals surface area contributed by atoms with Crippen LogP contribution in [0.2, 0.25) is 0 Å². The molecule has 7 nitrogen and oxygen atoms in total. The van der Waals surface area contributed by atoms with Crippen LogP contribution in [-0.2, 0) is 4.74 Å². The van der Waals surface area contributed by atoms with Gasteiger partial charge in [0.1, 0.15) is 6.10 Å². The summed E-state index contributed by atoms with van der Waals surface area (Å²) >= 11 is 0. The van der Waals surface area contributed by atoms with Crippen LogP contribution >= 0.6 is 0 Å². The molecule has 7 heteroatoms. The summed E-state index contributed by atoms with van der Waals surface area (Å²) in [6.07, 6.45) is 5.76. The van der Waals surface area contributed by atoms with E-state index in [0.29, 0.717) is 30.3 Å². The molecule has 1 saturated heterocycles. The van der Waals surface area contributed by atoms with Gasteiger partial charge in [0.25, 0.3) is 5.91 Å². The van der Waals surface area contributed by atoms with Gasteiger partial charge in [0.15, 0.2) is 0 Å². The highest BCUT2D eigenvalue weighted by Crippen LogP contribution is 2.17. The van der Waals surface area contributed by atoms with E-state index in [0.717, 1.165) is 12.1 Å². The Morgan fingerprint density at radius 2 is 2.15 bits per heavy atom. The van der Waals surface area contributed by atoms with E-state index in [1.54, 1.807) is 35.4 Å². The van der Waals surface area contributed by atoms with Crippen molar-refractivity contribution in [3.8, 4) is 11.6 Å². The maximum atomic E-state index is 12.5. The fourth-order valence-electron chi connectivity index (χ4n) is 2.70. The summed E-state index contributed by atoms with van der Waals surface area (Å²) in [6.45, 7) is 1.24. The maximum absolute atomic E-state index is 12.5. The molecule has 4 rings (SSSR count). The number of benzene rings is 1. The van der Waals surface area contributed by atoms with Crippen molar-refractivity contribution in [1.82, 2.24) is 14.8 Å². The van der Waals surface area contributed by atoms with Gasteiger partial charge in [0.05, 0.1) is 37.0 Å². The SMILES string of the molecule is O=C(Nc1cnn(-c2ccccc2)c1)c1ccnc(OC2CCOC2)c1. The highest BCUT2D eigenvalue weighted by atomic mass is 16.5. The Balaban J connectivity index is 1.44. The van der Waals surface area contributed by atoms with Gasteiger partial charge in [-0.05, 0) is 18.2 Å². The minimum absolute atomic E-state index is 0.00934. The summed E-state index contributed by atoms with van der Waals surface area (Å²) in [5.74, 6) is 0.181. The topological polar surface area (TPSA) is 78.3 Å². The Morgan fingerprint density at radius 3 is 2.96 bits per heavy atom. The van der Waals surface area contributed by atoms with Gasteiger partial charge in [-0.3, -0.25) is 4.79 Å². The molecule has 0 bridgehead atoms. The molecule has 1 atom stereocenters. The first kappa shape index (κ1) is 16.3. The lowest BCUT2D eigenvalue weighted by Gasteiger charge is -2.11. The normalized spacial score (nSPS) is 16.4. The van der Waals surface area contributed by atoms with Gasteiger partial charge in [-0.2, -0.15) is 5.10 Å². The summed E-state index contributed by atoms with van der Waals surface area (Å²) < 4.78 is 12.7.